The Balaban J connectivity index is 1.86. The molecule has 0 saturated heterocycles. The number of anilines is 1. The standard InChI is InChI=1S/C18H15Cl2N5S/c1-10-22-4-2-6-25(10)17-16-14(3-5-23-17)24-18(26-16)15-12(19)7-11(9-21)8-13(15)20/h2-8,10H,9,21H2,1H3. The summed E-state index contributed by atoms with van der Waals surface area (Å²) >= 11 is 14.4. The fourth-order valence-corrected chi connectivity index (χ4v) is 4.78. The molecule has 3 aromatic rings. The Morgan fingerprint density at radius 3 is 2.73 bits per heavy atom. The lowest BCUT2D eigenvalue weighted by atomic mass is 10.1. The number of aromatic nitrogens is 2. The van der Waals surface area contributed by atoms with Crippen molar-refractivity contribution in [2.45, 2.75) is 19.6 Å². The maximum absolute atomic E-state index is 6.46. The van der Waals surface area contributed by atoms with Crippen molar-refractivity contribution < 1.29 is 0 Å². The molecule has 4 rings (SSSR count). The van der Waals surface area contributed by atoms with E-state index in [1.807, 2.05) is 42.3 Å². The second-order valence-electron chi connectivity index (χ2n) is 5.82. The van der Waals surface area contributed by atoms with Crippen molar-refractivity contribution in [2.75, 3.05) is 4.90 Å². The van der Waals surface area contributed by atoms with Gasteiger partial charge in [0, 0.05) is 30.7 Å². The molecule has 8 heteroatoms. The number of thiazole rings is 1. The zero-order chi connectivity index (χ0) is 18.3. The highest BCUT2D eigenvalue weighted by molar-refractivity contribution is 7.22. The number of nitrogens with zero attached hydrogens (tertiary/aromatic N) is 4. The summed E-state index contributed by atoms with van der Waals surface area (Å²) in [7, 11) is 0. The van der Waals surface area contributed by atoms with Crippen LogP contribution in [0.2, 0.25) is 10.0 Å². The number of pyridine rings is 1. The molecule has 1 aromatic carbocycles. The Labute approximate surface area is 164 Å². The van der Waals surface area contributed by atoms with Gasteiger partial charge in [-0.3, -0.25) is 4.99 Å². The molecule has 0 bridgehead atoms. The van der Waals surface area contributed by atoms with Crippen LogP contribution in [0.3, 0.4) is 0 Å². The van der Waals surface area contributed by atoms with E-state index in [0.717, 1.165) is 32.2 Å². The van der Waals surface area contributed by atoms with Crippen LogP contribution in [0.25, 0.3) is 20.8 Å². The van der Waals surface area contributed by atoms with Crippen LogP contribution in [0.15, 0.2) is 41.7 Å². The van der Waals surface area contributed by atoms with Crippen molar-refractivity contribution in [3.05, 3.63) is 52.3 Å². The zero-order valence-electron chi connectivity index (χ0n) is 13.9. The first kappa shape index (κ1) is 17.4. The van der Waals surface area contributed by atoms with E-state index in [2.05, 4.69) is 9.98 Å². The minimum atomic E-state index is -0.0281. The van der Waals surface area contributed by atoms with Gasteiger partial charge in [0.05, 0.1) is 20.3 Å². The second-order valence-corrected chi connectivity index (χ2v) is 7.63. The van der Waals surface area contributed by atoms with E-state index in [4.69, 9.17) is 33.9 Å². The van der Waals surface area contributed by atoms with Crippen LogP contribution in [0, 0.1) is 0 Å². The van der Waals surface area contributed by atoms with Gasteiger partial charge in [-0.2, -0.15) is 0 Å². The summed E-state index contributed by atoms with van der Waals surface area (Å²) in [6, 6.07) is 5.55. The third-order valence-electron chi connectivity index (χ3n) is 4.12. The minimum absolute atomic E-state index is 0.0281. The van der Waals surface area contributed by atoms with Gasteiger partial charge in [-0.25, -0.2) is 9.97 Å². The maximum atomic E-state index is 6.46. The molecule has 1 aliphatic rings. The van der Waals surface area contributed by atoms with Crippen molar-refractivity contribution >= 4 is 56.8 Å². The van der Waals surface area contributed by atoms with Crippen LogP contribution in [0.1, 0.15) is 12.5 Å². The molecule has 0 amide bonds. The number of nitrogens with two attached hydrogens (primary N) is 1. The lowest BCUT2D eigenvalue weighted by Crippen LogP contribution is -2.28. The molecule has 26 heavy (non-hydrogen) atoms. The van der Waals surface area contributed by atoms with E-state index in [1.54, 1.807) is 12.4 Å². The van der Waals surface area contributed by atoms with E-state index in [9.17, 15) is 0 Å². The second kappa shape index (κ2) is 6.96. The number of fused-ring (bicyclic) bond motifs is 1. The molecule has 0 aliphatic carbocycles. The summed E-state index contributed by atoms with van der Waals surface area (Å²) in [4.78, 5) is 15.7. The lowest BCUT2D eigenvalue weighted by molar-refractivity contribution is 0.739. The molecule has 2 aromatic heterocycles. The first-order valence-corrected chi connectivity index (χ1v) is 9.58. The molecule has 0 spiro atoms. The van der Waals surface area contributed by atoms with Crippen LogP contribution in [0.4, 0.5) is 5.82 Å². The van der Waals surface area contributed by atoms with Crippen LogP contribution < -0.4 is 10.6 Å². The van der Waals surface area contributed by atoms with Gasteiger partial charge in [0.1, 0.15) is 11.2 Å². The molecule has 1 atom stereocenters. The predicted molar refractivity (Wildman–Crippen MR) is 110 cm³/mol. The lowest BCUT2D eigenvalue weighted by Gasteiger charge is -2.25. The van der Waals surface area contributed by atoms with Crippen LogP contribution >= 0.6 is 34.5 Å². The Morgan fingerprint density at radius 1 is 1.27 bits per heavy atom. The van der Waals surface area contributed by atoms with Gasteiger partial charge in [-0.1, -0.05) is 23.2 Å². The SMILES string of the molecule is CC1N=CC=CN1c1nccc2nc(-c3c(Cl)cc(CN)cc3Cl)sc12. The minimum Gasteiger partial charge on any atom is -0.326 e. The summed E-state index contributed by atoms with van der Waals surface area (Å²) in [5.74, 6) is 0.817. The van der Waals surface area contributed by atoms with Gasteiger partial charge in [0.25, 0.3) is 0 Å². The molecule has 0 saturated carbocycles. The van der Waals surface area contributed by atoms with Gasteiger partial charge in [-0.15, -0.1) is 11.3 Å². The van der Waals surface area contributed by atoms with E-state index in [-0.39, 0.29) is 6.17 Å². The first-order chi connectivity index (χ1) is 12.6. The van der Waals surface area contributed by atoms with Crippen LogP contribution in [-0.4, -0.2) is 22.3 Å². The predicted octanol–water partition coefficient (Wildman–Crippen LogP) is 4.87. The van der Waals surface area contributed by atoms with E-state index in [1.165, 1.54) is 11.3 Å². The summed E-state index contributed by atoms with van der Waals surface area (Å²) in [6.45, 7) is 2.40. The van der Waals surface area contributed by atoms with Crippen LogP contribution in [-0.2, 0) is 6.54 Å². The molecule has 3 heterocycles. The molecular weight excluding hydrogens is 389 g/mol. The fraction of sp³-hybridized carbons (Fsp3) is 0.167. The summed E-state index contributed by atoms with van der Waals surface area (Å²) in [5.41, 5.74) is 8.15. The highest BCUT2D eigenvalue weighted by atomic mass is 35.5. The first-order valence-electron chi connectivity index (χ1n) is 8.00. The number of halogens is 2. The average Bonchev–Trinajstić information content (AvgIpc) is 3.05. The van der Waals surface area contributed by atoms with Crippen molar-refractivity contribution in [3.8, 4) is 10.6 Å². The average molecular weight is 404 g/mol. The van der Waals surface area contributed by atoms with E-state index in [0.29, 0.717) is 16.6 Å². The summed E-state index contributed by atoms with van der Waals surface area (Å²) in [5, 5.41) is 1.84. The van der Waals surface area contributed by atoms with Gasteiger partial charge in [0.15, 0.2) is 5.82 Å². The van der Waals surface area contributed by atoms with Gasteiger partial charge < -0.3 is 10.6 Å². The Hall–Kier alpha value is -1.99. The highest BCUT2D eigenvalue weighted by Crippen LogP contribution is 2.42. The fourth-order valence-electron chi connectivity index (χ4n) is 2.83. The smallest absolute Gasteiger partial charge is 0.153 e. The van der Waals surface area contributed by atoms with E-state index >= 15 is 0 Å². The maximum Gasteiger partial charge on any atom is 0.153 e. The van der Waals surface area contributed by atoms with Gasteiger partial charge >= 0.3 is 0 Å². The number of rotatable bonds is 3. The third kappa shape index (κ3) is 2.99. The number of aliphatic imine (C=N–C) groups is 1. The van der Waals surface area contributed by atoms with Crippen molar-refractivity contribution in [1.82, 2.24) is 9.97 Å². The molecule has 2 N–H and O–H groups in total. The van der Waals surface area contributed by atoms with Crippen molar-refractivity contribution in [2.24, 2.45) is 10.7 Å². The number of hydrogen-bond donors (Lipinski definition) is 1. The van der Waals surface area contributed by atoms with Crippen molar-refractivity contribution in [3.63, 3.8) is 0 Å². The van der Waals surface area contributed by atoms with Crippen molar-refractivity contribution in [1.29, 1.82) is 0 Å². The van der Waals surface area contributed by atoms with E-state index < -0.39 is 0 Å². The Morgan fingerprint density at radius 2 is 2.04 bits per heavy atom. The molecule has 1 unspecified atom stereocenters. The number of allylic oxidation sites excluding steroid dienone is 1. The molecular formula is C18H15Cl2N5S. The molecule has 1 aliphatic heterocycles. The monoisotopic (exact) mass is 403 g/mol. The molecule has 5 nitrogen and oxygen atoms in total. The zero-order valence-corrected chi connectivity index (χ0v) is 16.2. The quantitative estimate of drug-likeness (QED) is 0.676. The molecule has 0 fully saturated rings. The molecule has 132 valence electrons. The number of hydrogen-bond acceptors (Lipinski definition) is 6. The summed E-state index contributed by atoms with van der Waals surface area (Å²) in [6.07, 6.45) is 7.37. The van der Waals surface area contributed by atoms with Crippen LogP contribution in [0.5, 0.6) is 0 Å². The Kier molecular flexibility index (Phi) is 4.67. The van der Waals surface area contributed by atoms with Gasteiger partial charge in [0.2, 0.25) is 0 Å². The summed E-state index contributed by atoms with van der Waals surface area (Å²) < 4.78 is 0.964. The Bertz CT molecular complexity index is 1020. The largest absolute Gasteiger partial charge is 0.326 e. The molecule has 0 radical (unpaired) electrons. The normalized spacial score (nSPS) is 16.6. The van der Waals surface area contributed by atoms with Gasteiger partial charge in [-0.05, 0) is 36.8 Å². The third-order valence-corrected chi connectivity index (χ3v) is 5.80. The topological polar surface area (TPSA) is 67.4 Å². The highest BCUT2D eigenvalue weighted by Gasteiger charge is 2.21. The number of benzene rings is 1.